The topological polar surface area (TPSA) is 32.3 Å². The molecule has 0 fully saturated rings. The highest BCUT2D eigenvalue weighted by molar-refractivity contribution is 5.93. The number of anilines is 1. The van der Waals surface area contributed by atoms with Crippen molar-refractivity contribution in [1.29, 1.82) is 0 Å². The van der Waals surface area contributed by atoms with Crippen LogP contribution in [-0.2, 0) is 17.8 Å². The Labute approximate surface area is 90.1 Å². The van der Waals surface area contributed by atoms with Crippen LogP contribution in [0.2, 0.25) is 0 Å². The summed E-state index contributed by atoms with van der Waals surface area (Å²) < 4.78 is 0. The molecule has 1 aliphatic rings. The van der Waals surface area contributed by atoms with Crippen molar-refractivity contribution in [2.75, 3.05) is 19.4 Å². The molecule has 1 amide bonds. The molecule has 80 valence electrons. The van der Waals surface area contributed by atoms with Crippen LogP contribution in [0, 0.1) is 0 Å². The van der Waals surface area contributed by atoms with Crippen molar-refractivity contribution in [1.82, 2.24) is 4.90 Å². The van der Waals surface area contributed by atoms with Crippen LogP contribution in [0.25, 0.3) is 0 Å². The maximum Gasteiger partial charge on any atom is 0.224 e. The summed E-state index contributed by atoms with van der Waals surface area (Å²) in [4.78, 5) is 13.4. The largest absolute Gasteiger partial charge is 0.326 e. The van der Waals surface area contributed by atoms with Crippen molar-refractivity contribution >= 4 is 11.6 Å². The van der Waals surface area contributed by atoms with Crippen LogP contribution < -0.4 is 5.32 Å². The van der Waals surface area contributed by atoms with E-state index in [1.165, 1.54) is 11.1 Å². The normalized spacial score (nSPS) is 15.0. The van der Waals surface area contributed by atoms with E-state index >= 15 is 0 Å². The Kier molecular flexibility index (Phi) is 2.73. The fraction of sp³-hybridized carbons (Fsp3) is 0.417. The first-order chi connectivity index (χ1) is 7.15. The molecular weight excluding hydrogens is 188 g/mol. The summed E-state index contributed by atoms with van der Waals surface area (Å²) >= 11 is 0. The van der Waals surface area contributed by atoms with Crippen molar-refractivity contribution in [3.05, 3.63) is 29.3 Å². The molecule has 2 rings (SSSR count). The third-order valence-corrected chi connectivity index (χ3v) is 2.57. The van der Waals surface area contributed by atoms with E-state index in [0.29, 0.717) is 6.42 Å². The number of amides is 1. The van der Waals surface area contributed by atoms with Gasteiger partial charge >= 0.3 is 0 Å². The molecule has 1 aromatic rings. The number of nitrogens with one attached hydrogen (secondary N) is 1. The van der Waals surface area contributed by atoms with Gasteiger partial charge in [0.2, 0.25) is 5.91 Å². The average molecular weight is 204 g/mol. The number of nitrogens with zero attached hydrogens (tertiary/aromatic N) is 1. The van der Waals surface area contributed by atoms with Crippen LogP contribution in [-0.4, -0.2) is 24.9 Å². The lowest BCUT2D eigenvalue weighted by molar-refractivity contribution is -0.116. The van der Waals surface area contributed by atoms with Gasteiger partial charge in [-0.2, -0.15) is 0 Å². The maximum absolute atomic E-state index is 11.2. The molecule has 1 aliphatic heterocycles. The zero-order valence-electron chi connectivity index (χ0n) is 9.21. The number of carbonyl (C=O) groups is 1. The highest BCUT2D eigenvalue weighted by Crippen LogP contribution is 2.23. The minimum atomic E-state index is 0.129. The van der Waals surface area contributed by atoms with E-state index in [9.17, 15) is 4.79 Å². The highest BCUT2D eigenvalue weighted by Gasteiger charge is 2.14. The smallest absolute Gasteiger partial charge is 0.224 e. The molecule has 3 heteroatoms. The van der Waals surface area contributed by atoms with Crippen molar-refractivity contribution in [3.63, 3.8) is 0 Å². The van der Waals surface area contributed by atoms with Gasteiger partial charge in [-0.1, -0.05) is 12.1 Å². The summed E-state index contributed by atoms with van der Waals surface area (Å²) in [5, 5.41) is 2.92. The number of hydrogen-bond acceptors (Lipinski definition) is 2. The van der Waals surface area contributed by atoms with Crippen LogP contribution in [0.1, 0.15) is 17.5 Å². The summed E-state index contributed by atoms with van der Waals surface area (Å²) in [6.45, 7) is 0.906. The monoisotopic (exact) mass is 204 g/mol. The fourth-order valence-corrected chi connectivity index (χ4v) is 1.88. The zero-order valence-corrected chi connectivity index (χ0v) is 9.21. The first kappa shape index (κ1) is 10.2. The predicted molar refractivity (Wildman–Crippen MR) is 60.8 cm³/mol. The molecule has 0 saturated carbocycles. The molecule has 0 saturated heterocycles. The zero-order chi connectivity index (χ0) is 10.8. The predicted octanol–water partition coefficient (Wildman–Crippen LogP) is 1.63. The first-order valence-corrected chi connectivity index (χ1v) is 5.21. The van der Waals surface area contributed by atoms with Crippen LogP contribution >= 0.6 is 0 Å². The highest BCUT2D eigenvalue weighted by atomic mass is 16.1. The fourth-order valence-electron chi connectivity index (χ4n) is 1.88. The lowest BCUT2D eigenvalue weighted by atomic mass is 10.0. The van der Waals surface area contributed by atoms with E-state index in [1.807, 2.05) is 14.1 Å². The standard InChI is InChI=1S/C12H16N2O/c1-14(2)8-9-3-4-10-5-6-12(15)13-11(10)7-9/h3-4,7H,5-6,8H2,1-2H3,(H,13,15). The second kappa shape index (κ2) is 4.03. The summed E-state index contributed by atoms with van der Waals surface area (Å²) in [5.41, 5.74) is 3.48. The number of aryl methyl sites for hydroxylation is 1. The molecule has 0 atom stereocenters. The third kappa shape index (κ3) is 2.36. The van der Waals surface area contributed by atoms with E-state index < -0.39 is 0 Å². The van der Waals surface area contributed by atoms with Gasteiger partial charge in [0.1, 0.15) is 0 Å². The van der Waals surface area contributed by atoms with Crippen LogP contribution in [0.3, 0.4) is 0 Å². The SMILES string of the molecule is CN(C)Cc1ccc2c(c1)NC(=O)CC2. The van der Waals surface area contributed by atoms with Crippen molar-refractivity contribution < 1.29 is 4.79 Å². The van der Waals surface area contributed by atoms with E-state index in [-0.39, 0.29) is 5.91 Å². The van der Waals surface area contributed by atoms with Gasteiger partial charge in [0.15, 0.2) is 0 Å². The average Bonchev–Trinajstić information content (AvgIpc) is 2.16. The number of rotatable bonds is 2. The van der Waals surface area contributed by atoms with Gasteiger partial charge in [-0.25, -0.2) is 0 Å². The summed E-state index contributed by atoms with van der Waals surface area (Å²) in [6, 6.07) is 6.33. The van der Waals surface area contributed by atoms with Crippen LogP contribution in [0.4, 0.5) is 5.69 Å². The second-order valence-electron chi connectivity index (χ2n) is 4.28. The molecule has 15 heavy (non-hydrogen) atoms. The van der Waals surface area contributed by atoms with Gasteiger partial charge in [-0.05, 0) is 37.7 Å². The molecule has 0 bridgehead atoms. The minimum Gasteiger partial charge on any atom is -0.326 e. The van der Waals surface area contributed by atoms with Crippen molar-refractivity contribution in [3.8, 4) is 0 Å². The number of hydrogen-bond donors (Lipinski definition) is 1. The first-order valence-electron chi connectivity index (χ1n) is 5.21. The summed E-state index contributed by atoms with van der Waals surface area (Å²) in [7, 11) is 4.08. The van der Waals surface area contributed by atoms with E-state index in [2.05, 4.69) is 28.4 Å². The Morgan fingerprint density at radius 1 is 1.33 bits per heavy atom. The molecule has 0 radical (unpaired) electrons. The quantitative estimate of drug-likeness (QED) is 0.794. The maximum atomic E-state index is 11.2. The van der Waals surface area contributed by atoms with E-state index in [0.717, 1.165) is 18.7 Å². The second-order valence-corrected chi connectivity index (χ2v) is 4.28. The van der Waals surface area contributed by atoms with Gasteiger partial charge in [0.05, 0.1) is 0 Å². The van der Waals surface area contributed by atoms with Crippen molar-refractivity contribution in [2.24, 2.45) is 0 Å². The molecule has 1 heterocycles. The third-order valence-electron chi connectivity index (χ3n) is 2.57. The van der Waals surface area contributed by atoms with E-state index in [1.54, 1.807) is 0 Å². The number of fused-ring (bicyclic) bond motifs is 1. The molecule has 0 unspecified atom stereocenters. The molecule has 1 N–H and O–H groups in total. The molecule has 0 aliphatic carbocycles. The number of carbonyl (C=O) groups excluding carboxylic acids is 1. The van der Waals surface area contributed by atoms with E-state index in [4.69, 9.17) is 0 Å². The molecule has 0 aromatic heterocycles. The van der Waals surface area contributed by atoms with Gasteiger partial charge < -0.3 is 10.2 Å². The minimum absolute atomic E-state index is 0.129. The Hall–Kier alpha value is -1.35. The van der Waals surface area contributed by atoms with Gasteiger partial charge in [0.25, 0.3) is 0 Å². The van der Waals surface area contributed by atoms with Gasteiger partial charge in [0, 0.05) is 18.7 Å². The van der Waals surface area contributed by atoms with Crippen LogP contribution in [0.15, 0.2) is 18.2 Å². The van der Waals surface area contributed by atoms with Gasteiger partial charge in [-0.15, -0.1) is 0 Å². The Bertz CT molecular complexity index is 385. The Balaban J connectivity index is 2.24. The Morgan fingerprint density at radius 3 is 2.87 bits per heavy atom. The van der Waals surface area contributed by atoms with Crippen molar-refractivity contribution in [2.45, 2.75) is 19.4 Å². The summed E-state index contributed by atoms with van der Waals surface area (Å²) in [6.07, 6.45) is 1.48. The molecule has 0 spiro atoms. The molecule has 1 aromatic carbocycles. The van der Waals surface area contributed by atoms with Gasteiger partial charge in [-0.3, -0.25) is 4.79 Å². The Morgan fingerprint density at radius 2 is 2.13 bits per heavy atom. The summed E-state index contributed by atoms with van der Waals surface area (Å²) in [5.74, 6) is 0.129. The molecular formula is C12H16N2O. The number of benzene rings is 1. The lowest BCUT2D eigenvalue weighted by Gasteiger charge is -2.18. The van der Waals surface area contributed by atoms with Crippen LogP contribution in [0.5, 0.6) is 0 Å². The lowest BCUT2D eigenvalue weighted by Crippen LogP contribution is -2.19. The molecule has 3 nitrogen and oxygen atoms in total.